The van der Waals surface area contributed by atoms with Gasteiger partial charge in [-0.2, -0.15) is 0 Å². The topological polar surface area (TPSA) is 93.7 Å². The van der Waals surface area contributed by atoms with Gasteiger partial charge in [0.2, 0.25) is 5.91 Å². The second kappa shape index (κ2) is 11.6. The fourth-order valence-corrected chi connectivity index (χ4v) is 2.60. The van der Waals surface area contributed by atoms with Crippen molar-refractivity contribution < 1.29 is 23.9 Å². The SMILES string of the molecule is CCCCCOc1ccc(C(=O)O[C@@H](C)C(=O)Nc2ccc(NC(C)=O)cc2)cc1. The van der Waals surface area contributed by atoms with Crippen molar-refractivity contribution in [3.63, 3.8) is 0 Å². The second-order valence-electron chi connectivity index (χ2n) is 6.88. The lowest BCUT2D eigenvalue weighted by molar-refractivity contribution is -0.123. The third-order valence-corrected chi connectivity index (χ3v) is 4.23. The van der Waals surface area contributed by atoms with Crippen molar-refractivity contribution in [2.45, 2.75) is 46.1 Å². The first-order chi connectivity index (χ1) is 14.4. The highest BCUT2D eigenvalue weighted by Crippen LogP contribution is 2.16. The van der Waals surface area contributed by atoms with E-state index in [1.54, 1.807) is 48.5 Å². The molecule has 2 aromatic carbocycles. The van der Waals surface area contributed by atoms with Gasteiger partial charge < -0.3 is 20.1 Å². The van der Waals surface area contributed by atoms with Crippen molar-refractivity contribution in [2.75, 3.05) is 17.2 Å². The van der Waals surface area contributed by atoms with Crippen molar-refractivity contribution in [1.82, 2.24) is 0 Å². The highest BCUT2D eigenvalue weighted by molar-refractivity contribution is 5.97. The standard InChI is InChI=1S/C23H28N2O5/c1-4-5-6-15-29-21-13-7-18(8-14-21)23(28)30-16(2)22(27)25-20-11-9-19(10-12-20)24-17(3)26/h7-14,16H,4-6,15H2,1-3H3,(H,24,26)(H,25,27)/t16-/m0/s1. The van der Waals surface area contributed by atoms with E-state index in [-0.39, 0.29) is 5.91 Å². The lowest BCUT2D eigenvalue weighted by Gasteiger charge is -2.14. The van der Waals surface area contributed by atoms with E-state index in [1.807, 2.05) is 0 Å². The number of anilines is 2. The molecule has 0 saturated heterocycles. The number of rotatable bonds is 10. The molecule has 0 aliphatic rings. The van der Waals surface area contributed by atoms with Crippen LogP contribution in [0.5, 0.6) is 5.75 Å². The van der Waals surface area contributed by atoms with Crippen LogP contribution in [0.15, 0.2) is 48.5 Å². The van der Waals surface area contributed by atoms with Gasteiger partial charge in [0.05, 0.1) is 12.2 Å². The Morgan fingerprint density at radius 3 is 2.07 bits per heavy atom. The third kappa shape index (κ3) is 7.58. The summed E-state index contributed by atoms with van der Waals surface area (Å²) in [5.74, 6) is -0.526. The molecule has 2 amide bonds. The normalized spacial score (nSPS) is 11.3. The monoisotopic (exact) mass is 412 g/mol. The molecule has 0 fully saturated rings. The smallest absolute Gasteiger partial charge is 0.338 e. The van der Waals surface area contributed by atoms with Gasteiger partial charge in [0.25, 0.3) is 5.91 Å². The summed E-state index contributed by atoms with van der Waals surface area (Å²) >= 11 is 0. The van der Waals surface area contributed by atoms with E-state index in [0.29, 0.717) is 29.3 Å². The van der Waals surface area contributed by atoms with Crippen LogP contribution < -0.4 is 15.4 Å². The van der Waals surface area contributed by atoms with Crippen LogP contribution in [0.1, 0.15) is 50.4 Å². The molecular formula is C23H28N2O5. The lowest BCUT2D eigenvalue weighted by atomic mass is 10.2. The van der Waals surface area contributed by atoms with Crippen LogP contribution in [-0.4, -0.2) is 30.5 Å². The molecule has 0 unspecified atom stereocenters. The van der Waals surface area contributed by atoms with E-state index < -0.39 is 18.0 Å². The minimum atomic E-state index is -0.975. The number of hydrogen-bond donors (Lipinski definition) is 2. The summed E-state index contributed by atoms with van der Waals surface area (Å²) in [6.07, 6.45) is 2.26. The van der Waals surface area contributed by atoms with Crippen LogP contribution in [0.4, 0.5) is 11.4 Å². The molecule has 160 valence electrons. The molecule has 7 nitrogen and oxygen atoms in total. The molecule has 7 heteroatoms. The molecule has 0 radical (unpaired) electrons. The van der Waals surface area contributed by atoms with Crippen LogP contribution in [0.3, 0.4) is 0 Å². The Balaban J connectivity index is 1.84. The fourth-order valence-electron chi connectivity index (χ4n) is 2.60. The predicted octanol–water partition coefficient (Wildman–Crippen LogP) is 4.40. The van der Waals surface area contributed by atoms with E-state index in [2.05, 4.69) is 17.6 Å². The number of nitrogens with one attached hydrogen (secondary N) is 2. The first kappa shape index (κ1) is 22.9. The molecule has 0 aliphatic heterocycles. The zero-order valence-electron chi connectivity index (χ0n) is 17.6. The maximum atomic E-state index is 12.3. The molecular weight excluding hydrogens is 384 g/mol. The van der Waals surface area contributed by atoms with Crippen molar-refractivity contribution in [3.05, 3.63) is 54.1 Å². The summed E-state index contributed by atoms with van der Waals surface area (Å²) in [6, 6.07) is 13.3. The third-order valence-electron chi connectivity index (χ3n) is 4.23. The quantitative estimate of drug-likeness (QED) is 0.446. The van der Waals surface area contributed by atoms with Crippen LogP contribution >= 0.6 is 0 Å². The first-order valence-corrected chi connectivity index (χ1v) is 10.0. The molecule has 0 aromatic heterocycles. The largest absolute Gasteiger partial charge is 0.494 e. The van der Waals surface area contributed by atoms with Gasteiger partial charge in [-0.1, -0.05) is 19.8 Å². The van der Waals surface area contributed by atoms with Crippen molar-refractivity contribution >= 4 is 29.2 Å². The first-order valence-electron chi connectivity index (χ1n) is 10.0. The van der Waals surface area contributed by atoms with E-state index in [9.17, 15) is 14.4 Å². The zero-order chi connectivity index (χ0) is 21.9. The van der Waals surface area contributed by atoms with Gasteiger partial charge in [-0.15, -0.1) is 0 Å². The van der Waals surface area contributed by atoms with Gasteiger partial charge in [-0.25, -0.2) is 4.79 Å². The highest BCUT2D eigenvalue weighted by atomic mass is 16.5. The summed E-state index contributed by atoms with van der Waals surface area (Å²) in [5, 5.41) is 5.32. The predicted molar refractivity (Wildman–Crippen MR) is 116 cm³/mol. The number of amides is 2. The lowest BCUT2D eigenvalue weighted by Crippen LogP contribution is -2.30. The Hall–Kier alpha value is -3.35. The van der Waals surface area contributed by atoms with Crippen molar-refractivity contribution in [2.24, 2.45) is 0 Å². The summed E-state index contributed by atoms with van der Waals surface area (Å²) < 4.78 is 10.9. The minimum absolute atomic E-state index is 0.177. The zero-order valence-corrected chi connectivity index (χ0v) is 17.6. The van der Waals surface area contributed by atoms with Gasteiger partial charge >= 0.3 is 5.97 Å². The molecule has 0 heterocycles. The number of ether oxygens (including phenoxy) is 2. The Labute approximate surface area is 176 Å². The molecule has 0 saturated carbocycles. The Morgan fingerprint density at radius 2 is 1.50 bits per heavy atom. The Kier molecular flexibility index (Phi) is 8.87. The van der Waals surface area contributed by atoms with Gasteiger partial charge in [-0.3, -0.25) is 9.59 Å². The molecule has 2 rings (SSSR count). The molecule has 1 atom stereocenters. The van der Waals surface area contributed by atoms with E-state index in [4.69, 9.17) is 9.47 Å². The molecule has 0 aliphatic carbocycles. The summed E-state index contributed by atoms with van der Waals surface area (Å²) in [5.41, 5.74) is 1.49. The van der Waals surface area contributed by atoms with E-state index >= 15 is 0 Å². The molecule has 0 spiro atoms. The summed E-state index contributed by atoms with van der Waals surface area (Å²) in [7, 11) is 0. The molecule has 2 N–H and O–H groups in total. The Morgan fingerprint density at radius 1 is 0.900 bits per heavy atom. The minimum Gasteiger partial charge on any atom is -0.494 e. The van der Waals surface area contributed by atoms with Crippen molar-refractivity contribution in [3.8, 4) is 5.75 Å². The number of hydrogen-bond acceptors (Lipinski definition) is 5. The average molecular weight is 412 g/mol. The van der Waals surface area contributed by atoms with Gasteiger partial charge in [0.1, 0.15) is 5.75 Å². The van der Waals surface area contributed by atoms with E-state index in [0.717, 1.165) is 19.3 Å². The van der Waals surface area contributed by atoms with Crippen LogP contribution in [0, 0.1) is 0 Å². The van der Waals surface area contributed by atoms with Crippen LogP contribution in [0.2, 0.25) is 0 Å². The number of esters is 1. The second-order valence-corrected chi connectivity index (χ2v) is 6.88. The van der Waals surface area contributed by atoms with Crippen LogP contribution in [0.25, 0.3) is 0 Å². The number of carbonyl (C=O) groups is 3. The van der Waals surface area contributed by atoms with E-state index in [1.165, 1.54) is 13.8 Å². The summed E-state index contributed by atoms with van der Waals surface area (Å²) in [6.45, 7) is 5.69. The maximum absolute atomic E-state index is 12.3. The van der Waals surface area contributed by atoms with Gasteiger partial charge in [0, 0.05) is 18.3 Å². The highest BCUT2D eigenvalue weighted by Gasteiger charge is 2.19. The van der Waals surface area contributed by atoms with Gasteiger partial charge in [0.15, 0.2) is 6.10 Å². The maximum Gasteiger partial charge on any atom is 0.338 e. The molecule has 0 bridgehead atoms. The molecule has 30 heavy (non-hydrogen) atoms. The average Bonchev–Trinajstić information content (AvgIpc) is 2.72. The Bertz CT molecular complexity index is 847. The van der Waals surface area contributed by atoms with Crippen molar-refractivity contribution in [1.29, 1.82) is 0 Å². The summed E-state index contributed by atoms with van der Waals surface area (Å²) in [4.78, 5) is 35.6. The number of benzene rings is 2. The van der Waals surface area contributed by atoms with Crippen LogP contribution in [-0.2, 0) is 14.3 Å². The van der Waals surface area contributed by atoms with Gasteiger partial charge in [-0.05, 0) is 61.9 Å². The number of unbranched alkanes of at least 4 members (excludes halogenated alkanes) is 2. The molecule has 2 aromatic rings. The number of carbonyl (C=O) groups excluding carboxylic acids is 3. The fraction of sp³-hybridized carbons (Fsp3) is 0.348.